The number of nitrogens with zero attached hydrogens (tertiary/aromatic N) is 3. The number of aromatic nitrogens is 3. The number of carbonyl (C=O) groups excluding carboxylic acids is 1. The minimum Gasteiger partial charge on any atom is -0.324 e. The van der Waals surface area contributed by atoms with E-state index in [0.29, 0.717) is 16.6 Å². The highest BCUT2D eigenvalue weighted by Crippen LogP contribution is 2.28. The SMILES string of the molecule is CCC(C(=O)Nc1ccc(C)cc1C)n1cnc2c(sc3ncccc32)c1=O. The molecule has 0 spiro atoms. The van der Waals surface area contributed by atoms with E-state index in [9.17, 15) is 9.59 Å². The molecule has 1 amide bonds. The normalized spacial score (nSPS) is 12.4. The third kappa shape index (κ3) is 3.07. The van der Waals surface area contributed by atoms with Gasteiger partial charge in [0.2, 0.25) is 5.91 Å². The lowest BCUT2D eigenvalue weighted by Crippen LogP contribution is -2.33. The smallest absolute Gasteiger partial charge is 0.272 e. The molecule has 28 heavy (non-hydrogen) atoms. The Bertz CT molecular complexity index is 1260. The maximum Gasteiger partial charge on any atom is 0.272 e. The van der Waals surface area contributed by atoms with Gasteiger partial charge in [0.15, 0.2) is 0 Å². The molecule has 142 valence electrons. The average Bonchev–Trinajstić information content (AvgIpc) is 3.06. The van der Waals surface area contributed by atoms with Crippen molar-refractivity contribution in [3.8, 4) is 0 Å². The number of hydrogen-bond donors (Lipinski definition) is 1. The number of pyridine rings is 1. The van der Waals surface area contributed by atoms with Crippen molar-refractivity contribution in [1.29, 1.82) is 0 Å². The maximum atomic E-state index is 13.1. The predicted molar refractivity (Wildman–Crippen MR) is 113 cm³/mol. The van der Waals surface area contributed by atoms with Gasteiger partial charge in [0.1, 0.15) is 15.6 Å². The van der Waals surface area contributed by atoms with Crippen molar-refractivity contribution < 1.29 is 4.79 Å². The first-order chi connectivity index (χ1) is 13.5. The van der Waals surface area contributed by atoms with E-state index in [0.717, 1.165) is 27.0 Å². The van der Waals surface area contributed by atoms with Crippen molar-refractivity contribution in [2.75, 3.05) is 5.32 Å². The first kappa shape index (κ1) is 18.3. The van der Waals surface area contributed by atoms with Crippen LogP contribution in [0.3, 0.4) is 0 Å². The summed E-state index contributed by atoms with van der Waals surface area (Å²) in [6.45, 7) is 5.84. The van der Waals surface area contributed by atoms with Gasteiger partial charge in [0, 0.05) is 17.3 Å². The van der Waals surface area contributed by atoms with Gasteiger partial charge < -0.3 is 5.32 Å². The van der Waals surface area contributed by atoms with E-state index in [2.05, 4.69) is 15.3 Å². The fourth-order valence-corrected chi connectivity index (χ4v) is 4.42. The highest BCUT2D eigenvalue weighted by Gasteiger charge is 2.22. The van der Waals surface area contributed by atoms with Crippen LogP contribution >= 0.6 is 11.3 Å². The number of rotatable bonds is 4. The largest absolute Gasteiger partial charge is 0.324 e. The van der Waals surface area contributed by atoms with Crippen LogP contribution in [0.4, 0.5) is 5.69 Å². The highest BCUT2D eigenvalue weighted by molar-refractivity contribution is 7.25. The molecular formula is C21H20N4O2S. The van der Waals surface area contributed by atoms with E-state index < -0.39 is 6.04 Å². The Morgan fingerprint density at radius 2 is 2.07 bits per heavy atom. The van der Waals surface area contributed by atoms with Crippen LogP contribution in [0.15, 0.2) is 47.7 Å². The molecule has 3 aromatic heterocycles. The van der Waals surface area contributed by atoms with E-state index in [-0.39, 0.29) is 11.5 Å². The summed E-state index contributed by atoms with van der Waals surface area (Å²) in [7, 11) is 0. The number of thiophene rings is 1. The molecule has 7 heteroatoms. The summed E-state index contributed by atoms with van der Waals surface area (Å²) in [5.74, 6) is -0.225. The molecule has 4 aromatic rings. The average molecular weight is 392 g/mol. The summed E-state index contributed by atoms with van der Waals surface area (Å²) in [6.07, 6.45) is 3.65. The summed E-state index contributed by atoms with van der Waals surface area (Å²) in [4.78, 5) is 35.6. The van der Waals surface area contributed by atoms with Gasteiger partial charge in [-0.2, -0.15) is 0 Å². The highest BCUT2D eigenvalue weighted by atomic mass is 32.1. The number of anilines is 1. The molecule has 0 bridgehead atoms. The summed E-state index contributed by atoms with van der Waals surface area (Å²) < 4.78 is 1.95. The van der Waals surface area contributed by atoms with Crippen molar-refractivity contribution in [3.05, 3.63) is 64.3 Å². The Hall–Kier alpha value is -3.06. The molecule has 3 heterocycles. The topological polar surface area (TPSA) is 76.9 Å². The summed E-state index contributed by atoms with van der Waals surface area (Å²) >= 11 is 1.31. The van der Waals surface area contributed by atoms with Gasteiger partial charge in [-0.15, -0.1) is 11.3 Å². The van der Waals surface area contributed by atoms with E-state index in [1.807, 2.05) is 51.1 Å². The molecule has 0 aliphatic carbocycles. The van der Waals surface area contributed by atoms with Crippen LogP contribution in [-0.4, -0.2) is 20.4 Å². The zero-order chi connectivity index (χ0) is 19.8. The van der Waals surface area contributed by atoms with Gasteiger partial charge in [-0.25, -0.2) is 9.97 Å². The maximum absolute atomic E-state index is 13.1. The van der Waals surface area contributed by atoms with Crippen LogP contribution in [0.25, 0.3) is 20.4 Å². The van der Waals surface area contributed by atoms with E-state index in [4.69, 9.17) is 0 Å². The number of aryl methyl sites for hydroxylation is 2. The standard InChI is InChI=1S/C21H20N4O2S/c1-4-16(19(26)24-15-8-7-12(2)10-13(15)3)25-11-23-17-14-6-5-9-22-20(14)28-18(17)21(25)27/h5-11,16H,4H2,1-3H3,(H,24,26). The molecule has 6 nitrogen and oxygen atoms in total. The molecule has 4 rings (SSSR count). The van der Waals surface area contributed by atoms with Crippen molar-refractivity contribution in [2.45, 2.75) is 33.2 Å². The molecule has 1 unspecified atom stereocenters. The number of benzene rings is 1. The number of fused-ring (bicyclic) bond motifs is 3. The molecule has 0 aliphatic rings. The quantitative estimate of drug-likeness (QED) is 0.564. The number of nitrogens with one attached hydrogen (secondary N) is 1. The van der Waals surface area contributed by atoms with Crippen LogP contribution in [0.1, 0.15) is 30.5 Å². The molecular weight excluding hydrogens is 372 g/mol. The van der Waals surface area contributed by atoms with E-state index in [1.165, 1.54) is 22.2 Å². The van der Waals surface area contributed by atoms with Gasteiger partial charge in [0.25, 0.3) is 5.56 Å². The summed E-state index contributed by atoms with van der Waals surface area (Å²) in [5, 5.41) is 3.81. The van der Waals surface area contributed by atoms with Crippen molar-refractivity contribution in [3.63, 3.8) is 0 Å². The Labute approximate surface area is 165 Å². The van der Waals surface area contributed by atoms with Crippen LogP contribution in [0, 0.1) is 13.8 Å². The fraction of sp³-hybridized carbons (Fsp3) is 0.238. The van der Waals surface area contributed by atoms with Crippen LogP contribution < -0.4 is 10.9 Å². The second kappa shape index (κ2) is 7.16. The second-order valence-electron chi connectivity index (χ2n) is 6.82. The van der Waals surface area contributed by atoms with Gasteiger partial charge in [-0.1, -0.05) is 24.6 Å². The Morgan fingerprint density at radius 3 is 2.82 bits per heavy atom. The third-order valence-electron chi connectivity index (χ3n) is 4.84. The zero-order valence-corrected chi connectivity index (χ0v) is 16.7. The third-order valence-corrected chi connectivity index (χ3v) is 5.94. The lowest BCUT2D eigenvalue weighted by Gasteiger charge is -2.18. The Morgan fingerprint density at radius 1 is 1.25 bits per heavy atom. The summed E-state index contributed by atoms with van der Waals surface area (Å²) in [6, 6.07) is 8.95. The first-order valence-electron chi connectivity index (χ1n) is 9.12. The minimum atomic E-state index is -0.636. The first-order valence-corrected chi connectivity index (χ1v) is 9.93. The Balaban J connectivity index is 1.74. The molecule has 1 N–H and O–H groups in total. The van der Waals surface area contributed by atoms with Gasteiger partial charge in [-0.3, -0.25) is 14.2 Å². The lowest BCUT2D eigenvalue weighted by molar-refractivity contribution is -0.119. The van der Waals surface area contributed by atoms with Crippen molar-refractivity contribution in [1.82, 2.24) is 14.5 Å². The number of amides is 1. The van der Waals surface area contributed by atoms with Gasteiger partial charge in [0.05, 0.1) is 11.8 Å². The lowest BCUT2D eigenvalue weighted by atomic mass is 10.1. The van der Waals surface area contributed by atoms with Crippen LogP contribution in [0.2, 0.25) is 0 Å². The van der Waals surface area contributed by atoms with E-state index >= 15 is 0 Å². The predicted octanol–water partition coefficient (Wildman–Crippen LogP) is 4.21. The number of hydrogen-bond acceptors (Lipinski definition) is 5. The van der Waals surface area contributed by atoms with Gasteiger partial charge >= 0.3 is 0 Å². The number of carbonyl (C=O) groups is 1. The molecule has 0 saturated carbocycles. The second-order valence-corrected chi connectivity index (χ2v) is 7.82. The monoisotopic (exact) mass is 392 g/mol. The Kier molecular flexibility index (Phi) is 4.68. The minimum absolute atomic E-state index is 0.212. The van der Waals surface area contributed by atoms with Crippen LogP contribution in [-0.2, 0) is 4.79 Å². The summed E-state index contributed by atoms with van der Waals surface area (Å²) in [5.41, 5.74) is 3.29. The zero-order valence-electron chi connectivity index (χ0n) is 15.9. The van der Waals surface area contributed by atoms with Crippen molar-refractivity contribution in [2.24, 2.45) is 0 Å². The molecule has 0 saturated heterocycles. The molecule has 0 fully saturated rings. The van der Waals surface area contributed by atoms with Gasteiger partial charge in [-0.05, 0) is 44.0 Å². The molecule has 0 aliphatic heterocycles. The molecule has 1 aromatic carbocycles. The van der Waals surface area contributed by atoms with E-state index in [1.54, 1.807) is 6.20 Å². The fourth-order valence-electron chi connectivity index (χ4n) is 3.38. The van der Waals surface area contributed by atoms with Crippen LogP contribution in [0.5, 0.6) is 0 Å². The van der Waals surface area contributed by atoms with Crippen molar-refractivity contribution >= 4 is 43.4 Å². The molecule has 1 atom stereocenters. The molecule has 0 radical (unpaired) electrons.